The van der Waals surface area contributed by atoms with E-state index in [-0.39, 0.29) is 18.6 Å². The van der Waals surface area contributed by atoms with Crippen molar-refractivity contribution in [2.45, 2.75) is 33.7 Å². The highest BCUT2D eigenvalue weighted by molar-refractivity contribution is 5.78. The van der Waals surface area contributed by atoms with Gasteiger partial charge in [-0.15, -0.1) is 0 Å². The molecule has 0 bridgehead atoms. The summed E-state index contributed by atoms with van der Waals surface area (Å²) < 4.78 is 22.4. The maximum absolute atomic E-state index is 12.3. The van der Waals surface area contributed by atoms with Gasteiger partial charge in [-0.25, -0.2) is 0 Å². The molecule has 6 heteroatoms. The minimum atomic E-state index is -0.217. The van der Waals surface area contributed by atoms with E-state index >= 15 is 0 Å². The fourth-order valence-electron chi connectivity index (χ4n) is 2.69. The lowest BCUT2D eigenvalue weighted by molar-refractivity contribution is -0.123. The van der Waals surface area contributed by atoms with Gasteiger partial charge in [0, 0.05) is 0 Å². The number of carbonyl (C=O) groups is 1. The van der Waals surface area contributed by atoms with Crippen molar-refractivity contribution >= 4 is 5.91 Å². The second-order valence-electron chi connectivity index (χ2n) is 6.03. The number of benzene rings is 2. The molecule has 2 aromatic rings. The van der Waals surface area contributed by atoms with Crippen LogP contribution in [-0.2, 0) is 4.79 Å². The second-order valence-corrected chi connectivity index (χ2v) is 6.03. The maximum Gasteiger partial charge on any atom is 0.258 e. The van der Waals surface area contributed by atoms with Crippen LogP contribution >= 0.6 is 0 Å². The van der Waals surface area contributed by atoms with Crippen molar-refractivity contribution < 1.29 is 23.7 Å². The Hall–Kier alpha value is -2.89. The van der Waals surface area contributed by atoms with Crippen molar-refractivity contribution in [1.82, 2.24) is 5.32 Å². The highest BCUT2D eigenvalue weighted by Crippen LogP contribution is 2.31. The Kier molecular flexibility index (Phi) is 8.46. The Bertz CT molecular complexity index is 762. The molecule has 1 atom stereocenters. The van der Waals surface area contributed by atoms with E-state index in [4.69, 9.17) is 18.9 Å². The minimum Gasteiger partial charge on any atom is -0.490 e. The normalized spacial score (nSPS) is 11.4. The minimum absolute atomic E-state index is 0.0935. The number of para-hydroxylation sites is 2. The summed E-state index contributed by atoms with van der Waals surface area (Å²) in [6, 6.07) is 12.8. The molecule has 0 aliphatic heterocycles. The molecule has 2 rings (SSSR count). The number of carbonyl (C=O) groups excluding carboxylic acids is 1. The first-order valence-corrected chi connectivity index (χ1v) is 9.62. The van der Waals surface area contributed by atoms with E-state index in [0.29, 0.717) is 42.8 Å². The van der Waals surface area contributed by atoms with Gasteiger partial charge in [0.05, 0.1) is 25.9 Å². The molecule has 0 aliphatic rings. The third kappa shape index (κ3) is 6.08. The molecule has 0 saturated heterocycles. The second kappa shape index (κ2) is 11.1. The van der Waals surface area contributed by atoms with Crippen LogP contribution in [0.25, 0.3) is 0 Å². The molecule has 0 radical (unpaired) electrons. The SMILES string of the molecule is CCOc1ccc(C(C)NC(=O)COc2ccccc2OCC)cc1OCC. The number of rotatable bonds is 11. The zero-order chi connectivity index (χ0) is 20.4. The average molecular weight is 387 g/mol. The monoisotopic (exact) mass is 387 g/mol. The molecular formula is C22H29NO5. The van der Waals surface area contributed by atoms with Crippen LogP contribution in [-0.4, -0.2) is 32.3 Å². The van der Waals surface area contributed by atoms with Crippen molar-refractivity contribution in [3.05, 3.63) is 48.0 Å². The van der Waals surface area contributed by atoms with Crippen LogP contribution in [0.3, 0.4) is 0 Å². The lowest BCUT2D eigenvalue weighted by Crippen LogP contribution is -2.31. The fourth-order valence-corrected chi connectivity index (χ4v) is 2.69. The van der Waals surface area contributed by atoms with Crippen LogP contribution in [0.5, 0.6) is 23.0 Å². The summed E-state index contributed by atoms with van der Waals surface area (Å²) in [5.74, 6) is 2.32. The zero-order valence-electron chi connectivity index (χ0n) is 17.0. The average Bonchev–Trinajstić information content (AvgIpc) is 2.69. The van der Waals surface area contributed by atoms with Crippen molar-refractivity contribution in [3.63, 3.8) is 0 Å². The van der Waals surface area contributed by atoms with E-state index in [0.717, 1.165) is 5.56 Å². The van der Waals surface area contributed by atoms with Gasteiger partial charge in [0.1, 0.15) is 0 Å². The molecule has 152 valence electrons. The van der Waals surface area contributed by atoms with Crippen molar-refractivity contribution in [1.29, 1.82) is 0 Å². The number of ether oxygens (including phenoxy) is 4. The van der Waals surface area contributed by atoms with Gasteiger partial charge in [-0.1, -0.05) is 18.2 Å². The van der Waals surface area contributed by atoms with Crippen molar-refractivity contribution in [3.8, 4) is 23.0 Å². The molecule has 1 unspecified atom stereocenters. The molecule has 0 spiro atoms. The van der Waals surface area contributed by atoms with Crippen molar-refractivity contribution in [2.75, 3.05) is 26.4 Å². The van der Waals surface area contributed by atoms with Crippen LogP contribution < -0.4 is 24.3 Å². The van der Waals surface area contributed by atoms with Crippen LogP contribution in [0.2, 0.25) is 0 Å². The topological polar surface area (TPSA) is 66.0 Å². The lowest BCUT2D eigenvalue weighted by atomic mass is 10.1. The maximum atomic E-state index is 12.3. The number of hydrogen-bond donors (Lipinski definition) is 1. The molecule has 0 heterocycles. The van der Waals surface area contributed by atoms with Gasteiger partial charge in [-0.05, 0) is 57.5 Å². The quantitative estimate of drug-likeness (QED) is 0.628. The van der Waals surface area contributed by atoms with Crippen LogP contribution in [0.1, 0.15) is 39.3 Å². The standard InChI is InChI=1S/C22H29NO5/c1-5-25-18-10-8-9-11-19(18)28-15-22(24)23-16(4)17-12-13-20(26-6-2)21(14-17)27-7-3/h8-14,16H,5-7,15H2,1-4H3,(H,23,24). The van der Waals surface area contributed by atoms with Crippen LogP contribution in [0.15, 0.2) is 42.5 Å². The van der Waals surface area contributed by atoms with Crippen LogP contribution in [0.4, 0.5) is 0 Å². The highest BCUT2D eigenvalue weighted by Gasteiger charge is 2.14. The van der Waals surface area contributed by atoms with Gasteiger partial charge >= 0.3 is 0 Å². The van der Waals surface area contributed by atoms with E-state index < -0.39 is 0 Å². The molecular weight excluding hydrogens is 358 g/mol. The van der Waals surface area contributed by atoms with E-state index in [1.807, 2.05) is 64.1 Å². The zero-order valence-corrected chi connectivity index (χ0v) is 17.0. The number of amides is 1. The number of nitrogens with one attached hydrogen (secondary N) is 1. The predicted octanol–water partition coefficient (Wildman–Crippen LogP) is 4.14. The summed E-state index contributed by atoms with van der Waals surface area (Å²) in [5.41, 5.74) is 0.926. The summed E-state index contributed by atoms with van der Waals surface area (Å²) >= 11 is 0. The van der Waals surface area contributed by atoms with Gasteiger partial charge in [-0.2, -0.15) is 0 Å². The summed E-state index contributed by atoms with van der Waals surface area (Å²) in [7, 11) is 0. The first-order valence-electron chi connectivity index (χ1n) is 9.62. The van der Waals surface area contributed by atoms with Gasteiger partial charge in [-0.3, -0.25) is 4.79 Å². The highest BCUT2D eigenvalue weighted by atomic mass is 16.5. The molecule has 0 aliphatic carbocycles. The summed E-state index contributed by atoms with van der Waals surface area (Å²) in [6.07, 6.45) is 0. The van der Waals surface area contributed by atoms with E-state index in [9.17, 15) is 4.79 Å². The Labute approximate surface area is 166 Å². The van der Waals surface area contributed by atoms with E-state index in [2.05, 4.69) is 5.32 Å². The van der Waals surface area contributed by atoms with E-state index in [1.54, 1.807) is 6.07 Å². The molecule has 1 N–H and O–H groups in total. The first kappa shape index (κ1) is 21.4. The molecule has 0 aromatic heterocycles. The summed E-state index contributed by atoms with van der Waals surface area (Å²) in [5, 5.41) is 2.94. The van der Waals surface area contributed by atoms with E-state index in [1.165, 1.54) is 0 Å². The largest absolute Gasteiger partial charge is 0.490 e. The third-order valence-electron chi connectivity index (χ3n) is 3.95. The fraction of sp³-hybridized carbons (Fsp3) is 0.409. The molecule has 0 fully saturated rings. The predicted molar refractivity (Wildman–Crippen MR) is 108 cm³/mol. The Balaban J connectivity index is 1.97. The smallest absolute Gasteiger partial charge is 0.258 e. The Morgan fingerprint density at radius 2 is 1.36 bits per heavy atom. The van der Waals surface area contributed by atoms with Gasteiger partial charge in [0.25, 0.3) is 5.91 Å². The first-order chi connectivity index (χ1) is 13.6. The lowest BCUT2D eigenvalue weighted by Gasteiger charge is -2.18. The molecule has 1 amide bonds. The summed E-state index contributed by atoms with van der Waals surface area (Å²) in [4.78, 5) is 12.3. The molecule has 0 saturated carbocycles. The molecule has 2 aromatic carbocycles. The van der Waals surface area contributed by atoms with Gasteiger partial charge in [0.15, 0.2) is 29.6 Å². The molecule has 6 nitrogen and oxygen atoms in total. The number of hydrogen-bond acceptors (Lipinski definition) is 5. The summed E-state index contributed by atoms with van der Waals surface area (Å²) in [6.45, 7) is 9.20. The molecule has 28 heavy (non-hydrogen) atoms. The Morgan fingerprint density at radius 1 is 0.821 bits per heavy atom. The third-order valence-corrected chi connectivity index (χ3v) is 3.95. The van der Waals surface area contributed by atoms with Crippen LogP contribution in [0, 0.1) is 0 Å². The van der Waals surface area contributed by atoms with Gasteiger partial charge in [0.2, 0.25) is 0 Å². The Morgan fingerprint density at radius 3 is 1.96 bits per heavy atom. The van der Waals surface area contributed by atoms with Crippen molar-refractivity contribution in [2.24, 2.45) is 0 Å². The van der Waals surface area contributed by atoms with Gasteiger partial charge < -0.3 is 24.3 Å².